The first-order chi connectivity index (χ1) is 5.43. The maximum Gasteiger partial charge on any atom is 0.146 e. The maximum atomic E-state index is 5.13. The van der Waals surface area contributed by atoms with Crippen molar-refractivity contribution in [2.75, 3.05) is 13.9 Å². The van der Waals surface area contributed by atoms with Crippen molar-refractivity contribution in [1.29, 1.82) is 0 Å². The molecule has 0 saturated heterocycles. The van der Waals surface area contributed by atoms with Gasteiger partial charge in [-0.15, -0.1) is 0 Å². The second-order valence-electron chi connectivity index (χ2n) is 2.17. The van der Waals surface area contributed by atoms with Gasteiger partial charge in [-0.2, -0.15) is 0 Å². The van der Waals surface area contributed by atoms with Crippen LogP contribution in [0, 0.1) is 6.07 Å². The van der Waals surface area contributed by atoms with E-state index in [4.69, 9.17) is 9.47 Å². The molecule has 0 aliphatic rings. The van der Waals surface area contributed by atoms with Crippen LogP contribution in [-0.2, 0) is 16.1 Å². The zero-order valence-corrected chi connectivity index (χ0v) is 6.54. The van der Waals surface area contributed by atoms with Crippen LogP contribution in [-0.4, -0.2) is 13.9 Å². The molecule has 0 aliphatic carbocycles. The quantitative estimate of drug-likeness (QED) is 0.480. The van der Waals surface area contributed by atoms with Crippen molar-refractivity contribution in [3.8, 4) is 0 Å². The minimum atomic E-state index is 0.342. The van der Waals surface area contributed by atoms with Crippen molar-refractivity contribution in [1.82, 2.24) is 0 Å². The van der Waals surface area contributed by atoms with E-state index in [1.54, 1.807) is 7.11 Å². The Morgan fingerprint density at radius 1 is 1.55 bits per heavy atom. The van der Waals surface area contributed by atoms with Crippen LogP contribution in [0.15, 0.2) is 24.3 Å². The largest absolute Gasteiger partial charge is 0.359 e. The van der Waals surface area contributed by atoms with Crippen LogP contribution >= 0.6 is 0 Å². The summed E-state index contributed by atoms with van der Waals surface area (Å²) in [6.07, 6.45) is 0. The molecule has 0 bridgehead atoms. The second-order valence-corrected chi connectivity index (χ2v) is 2.17. The summed E-state index contributed by atoms with van der Waals surface area (Å²) in [7, 11) is 1.61. The van der Waals surface area contributed by atoms with E-state index in [0.29, 0.717) is 13.4 Å². The van der Waals surface area contributed by atoms with E-state index in [2.05, 4.69) is 6.07 Å². The Bertz CT molecular complexity index is 184. The predicted molar refractivity (Wildman–Crippen MR) is 41.9 cm³/mol. The lowest BCUT2D eigenvalue weighted by molar-refractivity contribution is -0.0390. The average molecular weight is 151 g/mol. The Hall–Kier alpha value is -0.860. The molecule has 0 unspecified atom stereocenters. The molecule has 0 heterocycles. The molecule has 59 valence electrons. The van der Waals surface area contributed by atoms with Crippen LogP contribution in [0.1, 0.15) is 5.56 Å². The molecule has 0 aromatic heterocycles. The van der Waals surface area contributed by atoms with Crippen molar-refractivity contribution in [3.05, 3.63) is 35.9 Å². The van der Waals surface area contributed by atoms with Gasteiger partial charge in [0.2, 0.25) is 0 Å². The summed E-state index contributed by atoms with van der Waals surface area (Å²) in [6.45, 7) is 0.931. The molecule has 0 N–H and O–H groups in total. The first kappa shape index (κ1) is 8.24. The molecule has 1 radical (unpaired) electrons. The lowest BCUT2D eigenvalue weighted by Gasteiger charge is -2.01. The number of methoxy groups -OCH3 is 1. The third-order valence-corrected chi connectivity index (χ3v) is 1.24. The minimum Gasteiger partial charge on any atom is -0.359 e. The van der Waals surface area contributed by atoms with Crippen LogP contribution in [0.25, 0.3) is 0 Å². The van der Waals surface area contributed by atoms with Crippen LogP contribution in [0.2, 0.25) is 0 Å². The number of rotatable bonds is 4. The first-order valence-corrected chi connectivity index (χ1v) is 3.45. The highest BCUT2D eigenvalue weighted by Crippen LogP contribution is 1.99. The van der Waals surface area contributed by atoms with Crippen molar-refractivity contribution < 1.29 is 9.47 Å². The third-order valence-electron chi connectivity index (χ3n) is 1.24. The van der Waals surface area contributed by atoms with Crippen molar-refractivity contribution >= 4 is 0 Å². The van der Waals surface area contributed by atoms with E-state index >= 15 is 0 Å². The van der Waals surface area contributed by atoms with Gasteiger partial charge in [-0.05, 0) is 17.7 Å². The zero-order chi connectivity index (χ0) is 7.94. The van der Waals surface area contributed by atoms with E-state index in [-0.39, 0.29) is 0 Å². The van der Waals surface area contributed by atoms with Crippen molar-refractivity contribution in [2.45, 2.75) is 6.61 Å². The van der Waals surface area contributed by atoms with E-state index in [0.717, 1.165) is 5.56 Å². The second kappa shape index (κ2) is 4.88. The van der Waals surface area contributed by atoms with E-state index < -0.39 is 0 Å². The summed E-state index contributed by atoms with van der Waals surface area (Å²) < 4.78 is 9.86. The van der Waals surface area contributed by atoms with Gasteiger partial charge < -0.3 is 9.47 Å². The van der Waals surface area contributed by atoms with Gasteiger partial charge in [0.1, 0.15) is 6.79 Å². The van der Waals surface area contributed by atoms with Gasteiger partial charge in [0.15, 0.2) is 0 Å². The van der Waals surface area contributed by atoms with Gasteiger partial charge in [-0.1, -0.05) is 18.2 Å². The fraction of sp³-hybridized carbons (Fsp3) is 0.333. The molecule has 11 heavy (non-hydrogen) atoms. The van der Waals surface area contributed by atoms with Crippen LogP contribution in [0.5, 0.6) is 0 Å². The number of ether oxygens (including phenoxy) is 2. The van der Waals surface area contributed by atoms with Crippen molar-refractivity contribution in [2.24, 2.45) is 0 Å². The van der Waals surface area contributed by atoms with E-state index in [1.807, 2.05) is 24.3 Å². The Kier molecular flexibility index (Phi) is 3.65. The molecule has 0 aliphatic heterocycles. The highest BCUT2D eigenvalue weighted by Gasteiger charge is 1.88. The molecule has 1 rings (SSSR count). The zero-order valence-electron chi connectivity index (χ0n) is 6.54. The van der Waals surface area contributed by atoms with Gasteiger partial charge >= 0.3 is 0 Å². The summed E-state index contributed by atoms with van der Waals surface area (Å²) in [5.74, 6) is 0. The number of hydrogen-bond donors (Lipinski definition) is 0. The monoisotopic (exact) mass is 151 g/mol. The summed E-state index contributed by atoms with van der Waals surface area (Å²) in [5.41, 5.74) is 1.12. The summed E-state index contributed by atoms with van der Waals surface area (Å²) in [6, 6.07) is 10.7. The van der Waals surface area contributed by atoms with Crippen molar-refractivity contribution in [3.63, 3.8) is 0 Å². The lowest BCUT2D eigenvalue weighted by Crippen LogP contribution is -1.96. The summed E-state index contributed by atoms with van der Waals surface area (Å²) in [4.78, 5) is 0. The van der Waals surface area contributed by atoms with Gasteiger partial charge in [-0.3, -0.25) is 0 Å². The van der Waals surface area contributed by atoms with Gasteiger partial charge in [0.25, 0.3) is 0 Å². The number of hydrogen-bond acceptors (Lipinski definition) is 2. The molecule has 1 aromatic carbocycles. The van der Waals surface area contributed by atoms with Gasteiger partial charge in [0, 0.05) is 7.11 Å². The molecule has 0 atom stereocenters. The van der Waals surface area contributed by atoms with Gasteiger partial charge in [-0.25, -0.2) is 0 Å². The lowest BCUT2D eigenvalue weighted by atomic mass is 10.2. The predicted octanol–water partition coefficient (Wildman–Crippen LogP) is 1.61. The fourth-order valence-corrected chi connectivity index (χ4v) is 0.763. The standard InChI is InChI=1S/C9H11O2/c1-10-8-11-7-9-5-3-2-4-6-9/h2-3,5-6H,7-8H2,1H3. The molecular formula is C9H11O2. The molecule has 2 heteroatoms. The van der Waals surface area contributed by atoms with Crippen LogP contribution < -0.4 is 0 Å². The molecule has 0 fully saturated rings. The normalized spacial score (nSPS) is 9.91. The Labute approximate surface area is 66.8 Å². The average Bonchev–Trinajstić information content (AvgIpc) is 2.07. The third kappa shape index (κ3) is 3.16. The first-order valence-electron chi connectivity index (χ1n) is 3.45. The molecule has 0 amide bonds. The van der Waals surface area contributed by atoms with Crippen LogP contribution in [0.4, 0.5) is 0 Å². The Balaban J connectivity index is 2.28. The maximum absolute atomic E-state index is 5.13. The molecular weight excluding hydrogens is 140 g/mol. The van der Waals surface area contributed by atoms with E-state index in [1.165, 1.54) is 0 Å². The highest BCUT2D eigenvalue weighted by atomic mass is 16.7. The van der Waals surface area contributed by atoms with Crippen LogP contribution in [0.3, 0.4) is 0 Å². The molecule has 0 spiro atoms. The van der Waals surface area contributed by atoms with Gasteiger partial charge in [0.05, 0.1) is 6.61 Å². The highest BCUT2D eigenvalue weighted by molar-refractivity contribution is 5.12. The SMILES string of the molecule is COCOCc1c[c]ccc1. The molecule has 2 nitrogen and oxygen atoms in total. The molecule has 0 saturated carbocycles. The summed E-state index contributed by atoms with van der Waals surface area (Å²) >= 11 is 0. The fourth-order valence-electron chi connectivity index (χ4n) is 0.763. The Morgan fingerprint density at radius 3 is 3.09 bits per heavy atom. The van der Waals surface area contributed by atoms with E-state index in [9.17, 15) is 0 Å². The summed E-state index contributed by atoms with van der Waals surface area (Å²) in [5, 5.41) is 0. The smallest absolute Gasteiger partial charge is 0.146 e. The Morgan fingerprint density at radius 2 is 2.45 bits per heavy atom. The topological polar surface area (TPSA) is 18.5 Å². The molecule has 1 aromatic rings. The minimum absolute atomic E-state index is 0.342. The number of benzene rings is 1.